The maximum Gasteiger partial charge on any atom is 0.343 e. The van der Waals surface area contributed by atoms with Crippen molar-refractivity contribution in [3.63, 3.8) is 0 Å². The fraction of sp³-hybridized carbons (Fsp3) is 0.118. The first-order valence-electron chi connectivity index (χ1n) is 7.33. The van der Waals surface area contributed by atoms with E-state index in [1.165, 1.54) is 35.0 Å². The molecular formula is C17H12F2N2O4. The number of ether oxygens (including phenoxy) is 1. The number of H-pyrrole nitrogens is 1. The first kappa shape index (κ1) is 16.6. The van der Waals surface area contributed by atoms with Gasteiger partial charge < -0.3 is 14.3 Å². The number of aromatic amines is 1. The van der Waals surface area contributed by atoms with E-state index >= 15 is 0 Å². The van der Waals surface area contributed by atoms with Crippen molar-refractivity contribution in [2.75, 3.05) is 6.61 Å². The molecule has 0 atom stereocenters. The molecule has 1 aromatic carbocycles. The summed E-state index contributed by atoms with van der Waals surface area (Å²) in [5.41, 5.74) is -1.78. The van der Waals surface area contributed by atoms with Crippen molar-refractivity contribution >= 4 is 17.0 Å². The zero-order valence-corrected chi connectivity index (χ0v) is 13.0. The molecule has 0 amide bonds. The van der Waals surface area contributed by atoms with Crippen molar-refractivity contribution in [3.8, 4) is 5.69 Å². The maximum absolute atomic E-state index is 13.6. The summed E-state index contributed by atoms with van der Waals surface area (Å²) in [6.07, 6.45) is 1.17. The molecule has 25 heavy (non-hydrogen) atoms. The zero-order valence-electron chi connectivity index (χ0n) is 13.0. The third-order valence-electron chi connectivity index (χ3n) is 3.56. The summed E-state index contributed by atoms with van der Waals surface area (Å²) < 4.78 is 32.9. The largest absolute Gasteiger partial charge is 0.462 e. The number of carbonyl (C=O) groups is 1. The van der Waals surface area contributed by atoms with Gasteiger partial charge in [0.15, 0.2) is 5.82 Å². The summed E-state index contributed by atoms with van der Waals surface area (Å²) in [6.45, 7) is 1.63. The standard InChI is InChI=1S/C17H12F2N2O4/c1-2-25-17(24)12-8-21(10-5-3-9(18)4-6-10)15-11(14(12)22)7-13(19)16(23)20-15/h3-8H,2H2,1H3,(H,20,23). The number of benzene rings is 1. The van der Waals surface area contributed by atoms with Crippen molar-refractivity contribution < 1.29 is 18.3 Å². The average Bonchev–Trinajstić information content (AvgIpc) is 2.58. The number of hydrogen-bond acceptors (Lipinski definition) is 4. The first-order valence-corrected chi connectivity index (χ1v) is 7.33. The molecule has 2 aromatic heterocycles. The molecule has 0 radical (unpaired) electrons. The number of carbonyl (C=O) groups excluding carboxylic acids is 1. The van der Waals surface area contributed by atoms with Gasteiger partial charge in [0.1, 0.15) is 17.0 Å². The highest BCUT2D eigenvalue weighted by Gasteiger charge is 2.19. The van der Waals surface area contributed by atoms with Gasteiger partial charge >= 0.3 is 5.97 Å². The Balaban J connectivity index is 2.41. The van der Waals surface area contributed by atoms with Crippen molar-refractivity contribution in [3.05, 3.63) is 74.3 Å². The van der Waals surface area contributed by atoms with Crippen LogP contribution in [0.3, 0.4) is 0 Å². The normalized spacial score (nSPS) is 10.8. The van der Waals surface area contributed by atoms with Crippen LogP contribution >= 0.6 is 0 Å². The lowest BCUT2D eigenvalue weighted by molar-refractivity contribution is 0.0524. The van der Waals surface area contributed by atoms with E-state index in [9.17, 15) is 23.2 Å². The van der Waals surface area contributed by atoms with Gasteiger partial charge in [-0.15, -0.1) is 0 Å². The van der Waals surface area contributed by atoms with E-state index in [1.54, 1.807) is 6.92 Å². The molecule has 3 aromatic rings. The number of nitrogens with zero attached hydrogens (tertiary/aromatic N) is 1. The Bertz CT molecular complexity index is 1080. The Morgan fingerprint density at radius 2 is 1.88 bits per heavy atom. The Labute approximate surface area is 139 Å². The van der Waals surface area contributed by atoms with Gasteiger partial charge in [-0.2, -0.15) is 0 Å². The van der Waals surface area contributed by atoms with Crippen molar-refractivity contribution in [1.82, 2.24) is 9.55 Å². The number of hydrogen-bond donors (Lipinski definition) is 1. The smallest absolute Gasteiger partial charge is 0.343 e. The minimum Gasteiger partial charge on any atom is -0.462 e. The molecule has 0 saturated carbocycles. The second-order valence-electron chi connectivity index (χ2n) is 5.15. The molecule has 2 heterocycles. The van der Waals surface area contributed by atoms with E-state index in [4.69, 9.17) is 4.74 Å². The van der Waals surface area contributed by atoms with Gasteiger partial charge in [0.2, 0.25) is 5.43 Å². The Hall–Kier alpha value is -3.29. The summed E-state index contributed by atoms with van der Waals surface area (Å²) in [5.74, 6) is -2.52. The molecule has 0 bridgehead atoms. The van der Waals surface area contributed by atoms with Crippen LogP contribution in [0.15, 0.2) is 46.1 Å². The van der Waals surface area contributed by atoms with Crippen molar-refractivity contribution in [1.29, 1.82) is 0 Å². The third kappa shape index (κ3) is 2.93. The lowest BCUT2D eigenvalue weighted by Gasteiger charge is -2.13. The van der Waals surface area contributed by atoms with Crippen LogP contribution in [0.25, 0.3) is 16.7 Å². The number of rotatable bonds is 3. The molecule has 8 heteroatoms. The average molecular weight is 346 g/mol. The van der Waals surface area contributed by atoms with Crippen LogP contribution in [-0.4, -0.2) is 22.1 Å². The van der Waals surface area contributed by atoms with Gasteiger partial charge in [0.25, 0.3) is 5.56 Å². The molecule has 6 nitrogen and oxygen atoms in total. The summed E-state index contributed by atoms with van der Waals surface area (Å²) in [7, 11) is 0. The van der Waals surface area contributed by atoms with E-state index in [2.05, 4.69) is 4.98 Å². The summed E-state index contributed by atoms with van der Waals surface area (Å²) in [6, 6.07) is 5.88. The molecule has 0 fully saturated rings. The predicted molar refractivity (Wildman–Crippen MR) is 86.0 cm³/mol. The predicted octanol–water partition coefficient (Wildman–Crippen LogP) is 2.13. The number of nitrogens with one attached hydrogen (secondary N) is 1. The van der Waals surface area contributed by atoms with Crippen LogP contribution < -0.4 is 11.0 Å². The highest BCUT2D eigenvalue weighted by Crippen LogP contribution is 2.16. The molecule has 0 saturated heterocycles. The maximum atomic E-state index is 13.6. The van der Waals surface area contributed by atoms with E-state index in [-0.39, 0.29) is 23.2 Å². The van der Waals surface area contributed by atoms with Gasteiger partial charge in [-0.05, 0) is 37.3 Å². The summed E-state index contributed by atoms with van der Waals surface area (Å²) >= 11 is 0. The molecule has 0 aliphatic rings. The zero-order chi connectivity index (χ0) is 18.1. The number of fused-ring (bicyclic) bond motifs is 1. The molecule has 0 aliphatic heterocycles. The second-order valence-corrected chi connectivity index (χ2v) is 5.15. The van der Waals surface area contributed by atoms with Crippen LogP contribution in [0, 0.1) is 11.6 Å². The van der Waals surface area contributed by atoms with E-state index in [1.807, 2.05) is 0 Å². The fourth-order valence-corrected chi connectivity index (χ4v) is 2.42. The quantitative estimate of drug-likeness (QED) is 0.737. The number of halogens is 2. The summed E-state index contributed by atoms with van der Waals surface area (Å²) in [5, 5.41) is -0.202. The number of esters is 1. The van der Waals surface area contributed by atoms with Crippen LogP contribution in [0.5, 0.6) is 0 Å². The number of pyridine rings is 2. The van der Waals surface area contributed by atoms with E-state index in [0.717, 1.165) is 6.07 Å². The highest BCUT2D eigenvalue weighted by molar-refractivity contribution is 5.93. The Morgan fingerprint density at radius 1 is 1.20 bits per heavy atom. The van der Waals surface area contributed by atoms with Crippen molar-refractivity contribution in [2.45, 2.75) is 6.92 Å². The van der Waals surface area contributed by atoms with Crippen LogP contribution in [0.2, 0.25) is 0 Å². The van der Waals surface area contributed by atoms with Crippen LogP contribution in [0.1, 0.15) is 17.3 Å². The summed E-state index contributed by atoms with van der Waals surface area (Å²) in [4.78, 5) is 38.4. The molecule has 0 aliphatic carbocycles. The topological polar surface area (TPSA) is 81.2 Å². The van der Waals surface area contributed by atoms with Gasteiger partial charge in [-0.25, -0.2) is 13.6 Å². The Morgan fingerprint density at radius 3 is 2.52 bits per heavy atom. The third-order valence-corrected chi connectivity index (χ3v) is 3.56. The molecule has 1 N–H and O–H groups in total. The lowest BCUT2D eigenvalue weighted by atomic mass is 10.1. The molecular weight excluding hydrogens is 334 g/mol. The van der Waals surface area contributed by atoms with Crippen molar-refractivity contribution in [2.24, 2.45) is 0 Å². The number of aromatic nitrogens is 2. The van der Waals surface area contributed by atoms with Gasteiger partial charge in [0.05, 0.1) is 12.0 Å². The monoisotopic (exact) mass is 346 g/mol. The van der Waals surface area contributed by atoms with Crippen LogP contribution in [0.4, 0.5) is 8.78 Å². The van der Waals surface area contributed by atoms with Crippen LogP contribution in [-0.2, 0) is 4.74 Å². The second kappa shape index (κ2) is 6.31. The Kier molecular flexibility index (Phi) is 4.18. The van der Waals surface area contributed by atoms with Gasteiger partial charge in [-0.3, -0.25) is 9.59 Å². The SMILES string of the molecule is CCOC(=O)c1cn(-c2ccc(F)cc2)c2[nH]c(=O)c(F)cc2c1=O. The molecule has 0 spiro atoms. The van der Waals surface area contributed by atoms with E-state index in [0.29, 0.717) is 5.69 Å². The van der Waals surface area contributed by atoms with Gasteiger partial charge in [-0.1, -0.05) is 0 Å². The fourth-order valence-electron chi connectivity index (χ4n) is 2.42. The van der Waals surface area contributed by atoms with Gasteiger partial charge in [0, 0.05) is 11.9 Å². The lowest BCUT2D eigenvalue weighted by Crippen LogP contribution is -2.23. The molecule has 0 unspecified atom stereocenters. The molecule has 128 valence electrons. The first-order chi connectivity index (χ1) is 11.9. The van der Waals surface area contributed by atoms with E-state index < -0.39 is 28.6 Å². The highest BCUT2D eigenvalue weighted by atomic mass is 19.1. The minimum absolute atomic E-state index is 0.0175. The minimum atomic E-state index is -1.16. The molecule has 3 rings (SSSR count).